The third-order valence-corrected chi connectivity index (χ3v) is 2.90. The van der Waals surface area contributed by atoms with E-state index in [0.717, 1.165) is 51.9 Å². The first kappa shape index (κ1) is 11.7. The van der Waals surface area contributed by atoms with Gasteiger partial charge < -0.3 is 10.1 Å². The number of hydrogen-bond acceptors (Lipinski definition) is 3. The Labute approximate surface area is 86.9 Å². The molecule has 0 amide bonds. The summed E-state index contributed by atoms with van der Waals surface area (Å²) in [5.41, 5.74) is -0.133. The molecule has 1 N–H and O–H groups in total. The van der Waals surface area contributed by atoms with Crippen molar-refractivity contribution in [3.8, 4) is 0 Å². The molecular weight excluding hydrogens is 176 g/mol. The molecule has 0 radical (unpaired) electrons. The van der Waals surface area contributed by atoms with Crippen molar-refractivity contribution in [1.29, 1.82) is 0 Å². The van der Waals surface area contributed by atoms with E-state index in [2.05, 4.69) is 24.1 Å². The van der Waals surface area contributed by atoms with Gasteiger partial charge in [-0.05, 0) is 6.42 Å². The van der Waals surface area contributed by atoms with E-state index < -0.39 is 0 Å². The van der Waals surface area contributed by atoms with E-state index in [1.807, 2.05) is 0 Å². The molecule has 0 aromatic rings. The predicted octanol–water partition coefficient (Wildman–Crippen LogP) is 0.897. The number of carbonyl (C=O) groups excluding carboxylic acids is 1. The van der Waals surface area contributed by atoms with Crippen LogP contribution in [0.15, 0.2) is 0 Å². The Balaban J connectivity index is 2.41. The largest absolute Gasteiger partial charge is 0.314 e. The summed E-state index contributed by atoms with van der Waals surface area (Å²) >= 11 is 0. The molecule has 1 aliphatic heterocycles. The molecule has 1 heterocycles. The van der Waals surface area contributed by atoms with Gasteiger partial charge in [-0.15, -0.1) is 0 Å². The molecule has 0 aromatic carbocycles. The van der Waals surface area contributed by atoms with Gasteiger partial charge in [0.15, 0.2) is 0 Å². The zero-order chi connectivity index (χ0) is 10.4. The zero-order valence-electron chi connectivity index (χ0n) is 9.38. The van der Waals surface area contributed by atoms with Crippen molar-refractivity contribution in [1.82, 2.24) is 10.2 Å². The fourth-order valence-electron chi connectivity index (χ4n) is 2.13. The minimum absolute atomic E-state index is 0.133. The molecule has 1 fully saturated rings. The molecule has 3 heteroatoms. The number of nitrogens with one attached hydrogen (secondary N) is 1. The Morgan fingerprint density at radius 2 is 2.07 bits per heavy atom. The monoisotopic (exact) mass is 198 g/mol. The number of nitrogens with zero attached hydrogens (tertiary/aromatic N) is 1. The van der Waals surface area contributed by atoms with Crippen LogP contribution in [-0.2, 0) is 4.79 Å². The van der Waals surface area contributed by atoms with Crippen LogP contribution in [0.3, 0.4) is 0 Å². The van der Waals surface area contributed by atoms with E-state index in [1.54, 1.807) is 0 Å². The van der Waals surface area contributed by atoms with Crippen molar-refractivity contribution in [2.75, 3.05) is 32.7 Å². The van der Waals surface area contributed by atoms with Gasteiger partial charge in [-0.3, -0.25) is 4.90 Å². The fraction of sp³-hybridized carbons (Fsp3) is 0.909. The summed E-state index contributed by atoms with van der Waals surface area (Å²) in [6.07, 6.45) is 3.22. The Hall–Kier alpha value is -0.410. The second kappa shape index (κ2) is 5.47. The molecule has 0 aromatic heterocycles. The van der Waals surface area contributed by atoms with E-state index in [-0.39, 0.29) is 5.41 Å². The molecule has 82 valence electrons. The summed E-state index contributed by atoms with van der Waals surface area (Å²) in [4.78, 5) is 13.4. The maximum absolute atomic E-state index is 11.0. The van der Waals surface area contributed by atoms with Crippen molar-refractivity contribution in [3.05, 3.63) is 0 Å². The molecule has 1 atom stereocenters. The quantitative estimate of drug-likeness (QED) is 0.666. The Bertz CT molecular complexity index is 178. The molecule has 0 saturated carbocycles. The third-order valence-electron chi connectivity index (χ3n) is 2.90. The number of hydrogen-bond donors (Lipinski definition) is 1. The highest BCUT2D eigenvalue weighted by atomic mass is 16.1. The summed E-state index contributed by atoms with van der Waals surface area (Å²) in [5.74, 6) is 0. The van der Waals surface area contributed by atoms with E-state index >= 15 is 0 Å². The first-order valence-electron chi connectivity index (χ1n) is 5.59. The van der Waals surface area contributed by atoms with Gasteiger partial charge in [-0.1, -0.05) is 20.3 Å². The van der Waals surface area contributed by atoms with Gasteiger partial charge in [-0.2, -0.15) is 0 Å². The molecule has 1 saturated heterocycles. The highest BCUT2D eigenvalue weighted by molar-refractivity contribution is 5.59. The molecule has 0 aliphatic carbocycles. The van der Waals surface area contributed by atoms with Gasteiger partial charge in [0.1, 0.15) is 6.29 Å². The molecule has 1 unspecified atom stereocenters. The molecule has 1 aliphatic rings. The van der Waals surface area contributed by atoms with Crippen LogP contribution in [0.2, 0.25) is 0 Å². The topological polar surface area (TPSA) is 32.3 Å². The maximum atomic E-state index is 11.0. The smallest absolute Gasteiger partial charge is 0.127 e. The van der Waals surface area contributed by atoms with Crippen molar-refractivity contribution < 1.29 is 4.79 Å². The third kappa shape index (κ3) is 3.39. The second-order valence-electron chi connectivity index (χ2n) is 4.55. The predicted molar refractivity (Wildman–Crippen MR) is 58.4 cm³/mol. The van der Waals surface area contributed by atoms with Gasteiger partial charge in [0.25, 0.3) is 0 Å². The number of aldehydes is 1. The van der Waals surface area contributed by atoms with Crippen molar-refractivity contribution in [3.63, 3.8) is 0 Å². The van der Waals surface area contributed by atoms with Crippen LogP contribution in [-0.4, -0.2) is 43.9 Å². The van der Waals surface area contributed by atoms with Crippen LogP contribution in [0.25, 0.3) is 0 Å². The van der Waals surface area contributed by atoms with Crippen LogP contribution < -0.4 is 5.32 Å². The second-order valence-corrected chi connectivity index (χ2v) is 4.55. The normalized spacial score (nSPS) is 23.0. The lowest BCUT2D eigenvalue weighted by Crippen LogP contribution is -2.47. The number of piperazine rings is 1. The van der Waals surface area contributed by atoms with E-state index in [1.165, 1.54) is 0 Å². The average Bonchev–Trinajstić information content (AvgIpc) is 2.20. The number of rotatable bonds is 5. The Morgan fingerprint density at radius 3 is 2.57 bits per heavy atom. The van der Waals surface area contributed by atoms with E-state index in [0.29, 0.717) is 0 Å². The summed E-state index contributed by atoms with van der Waals surface area (Å²) < 4.78 is 0. The molecule has 3 nitrogen and oxygen atoms in total. The summed E-state index contributed by atoms with van der Waals surface area (Å²) in [6.45, 7) is 9.40. The lowest BCUT2D eigenvalue weighted by molar-refractivity contribution is -0.116. The van der Waals surface area contributed by atoms with Gasteiger partial charge in [0.05, 0.1) is 0 Å². The fourth-order valence-corrected chi connectivity index (χ4v) is 2.13. The van der Waals surface area contributed by atoms with Crippen LogP contribution in [0.4, 0.5) is 0 Å². The van der Waals surface area contributed by atoms with Gasteiger partial charge in [-0.25, -0.2) is 0 Å². The lowest BCUT2D eigenvalue weighted by atomic mass is 9.86. The van der Waals surface area contributed by atoms with E-state index in [4.69, 9.17) is 0 Å². The summed E-state index contributed by atoms with van der Waals surface area (Å²) in [6, 6.07) is 0. The minimum Gasteiger partial charge on any atom is -0.314 e. The molecular formula is C11H22N2O. The first-order valence-corrected chi connectivity index (χ1v) is 5.59. The van der Waals surface area contributed by atoms with Crippen LogP contribution in [0.1, 0.15) is 26.7 Å². The average molecular weight is 198 g/mol. The first-order chi connectivity index (χ1) is 6.70. The van der Waals surface area contributed by atoms with E-state index in [9.17, 15) is 4.79 Å². The lowest BCUT2D eigenvalue weighted by Gasteiger charge is -2.34. The van der Waals surface area contributed by atoms with Gasteiger partial charge in [0.2, 0.25) is 0 Å². The number of carbonyl (C=O) groups is 1. The highest BCUT2D eigenvalue weighted by Crippen LogP contribution is 2.21. The molecule has 1 rings (SSSR count). The van der Waals surface area contributed by atoms with Crippen molar-refractivity contribution in [2.24, 2.45) is 5.41 Å². The summed E-state index contributed by atoms with van der Waals surface area (Å²) in [7, 11) is 0. The van der Waals surface area contributed by atoms with Gasteiger partial charge >= 0.3 is 0 Å². The highest BCUT2D eigenvalue weighted by Gasteiger charge is 2.26. The summed E-state index contributed by atoms with van der Waals surface area (Å²) in [5, 5.41) is 3.32. The Morgan fingerprint density at radius 1 is 1.43 bits per heavy atom. The van der Waals surface area contributed by atoms with Crippen LogP contribution in [0, 0.1) is 5.41 Å². The zero-order valence-corrected chi connectivity index (χ0v) is 9.38. The Kier molecular flexibility index (Phi) is 4.55. The van der Waals surface area contributed by atoms with Crippen molar-refractivity contribution >= 4 is 6.29 Å². The maximum Gasteiger partial charge on any atom is 0.127 e. The van der Waals surface area contributed by atoms with Gasteiger partial charge in [0, 0.05) is 38.1 Å². The molecule has 0 spiro atoms. The SMILES string of the molecule is CCCC(C)(C=O)CN1CCNCC1. The molecule has 14 heavy (non-hydrogen) atoms. The van der Waals surface area contributed by atoms with Crippen LogP contribution >= 0.6 is 0 Å². The standard InChI is InChI=1S/C11H22N2O/c1-3-4-11(2,10-14)9-13-7-5-12-6-8-13/h10,12H,3-9H2,1-2H3. The van der Waals surface area contributed by atoms with Crippen LogP contribution in [0.5, 0.6) is 0 Å². The minimum atomic E-state index is -0.133. The molecule has 0 bridgehead atoms. The van der Waals surface area contributed by atoms with Crippen molar-refractivity contribution in [2.45, 2.75) is 26.7 Å².